The normalized spacial score (nSPS) is 12.2. The molecule has 0 amide bonds. The lowest BCUT2D eigenvalue weighted by Crippen LogP contribution is -2.16. The van der Waals surface area contributed by atoms with E-state index in [4.69, 9.17) is 33.0 Å². The summed E-state index contributed by atoms with van der Waals surface area (Å²) in [7, 11) is 0. The molecule has 3 nitrogen and oxygen atoms in total. The van der Waals surface area contributed by atoms with E-state index in [2.05, 4.69) is 0 Å². The van der Waals surface area contributed by atoms with Gasteiger partial charge in [0.05, 0.1) is 11.4 Å². The smallest absolute Gasteiger partial charge is 0.307 e. The van der Waals surface area contributed by atoms with Crippen LogP contribution in [-0.4, -0.2) is 17.2 Å². The van der Waals surface area contributed by atoms with E-state index in [-0.39, 0.29) is 6.42 Å². The number of carbonyl (C=O) groups is 1. The minimum atomic E-state index is -0.910. The molecule has 5 heteroatoms. The van der Waals surface area contributed by atoms with Crippen molar-refractivity contribution in [3.8, 4) is 5.75 Å². The van der Waals surface area contributed by atoms with E-state index in [1.54, 1.807) is 25.1 Å². The molecule has 0 bridgehead atoms. The largest absolute Gasteiger partial charge is 0.489 e. The zero-order valence-corrected chi connectivity index (χ0v) is 9.55. The number of benzene rings is 1. The standard InChI is InChI=1S/C10H10Cl2O3/c1-6(4-10(13)14)15-9-3-2-7(11)5-8(9)12/h2-3,5-6H,4H2,1H3,(H,13,14)/t6-/m0/s1. The van der Waals surface area contributed by atoms with Crippen LogP contribution in [0.5, 0.6) is 5.75 Å². The second kappa shape index (κ2) is 5.24. The summed E-state index contributed by atoms with van der Waals surface area (Å²) in [6.45, 7) is 1.67. The van der Waals surface area contributed by atoms with Crippen LogP contribution in [0.4, 0.5) is 0 Å². The van der Waals surface area contributed by atoms with E-state index in [9.17, 15) is 4.79 Å². The zero-order chi connectivity index (χ0) is 11.4. The van der Waals surface area contributed by atoms with Crippen molar-refractivity contribution in [2.24, 2.45) is 0 Å². The van der Waals surface area contributed by atoms with Crippen LogP contribution in [0.15, 0.2) is 18.2 Å². The molecule has 0 saturated carbocycles. The molecule has 15 heavy (non-hydrogen) atoms. The van der Waals surface area contributed by atoms with Crippen LogP contribution in [0.2, 0.25) is 10.0 Å². The highest BCUT2D eigenvalue weighted by Gasteiger charge is 2.11. The van der Waals surface area contributed by atoms with Gasteiger partial charge in [0.25, 0.3) is 0 Å². The molecule has 1 aromatic carbocycles. The Morgan fingerprint density at radius 1 is 1.53 bits per heavy atom. The number of aliphatic carboxylic acids is 1. The van der Waals surface area contributed by atoms with Gasteiger partial charge in [-0.05, 0) is 25.1 Å². The Morgan fingerprint density at radius 2 is 2.20 bits per heavy atom. The summed E-state index contributed by atoms with van der Waals surface area (Å²) in [5.41, 5.74) is 0. The van der Waals surface area contributed by atoms with E-state index in [0.717, 1.165) is 0 Å². The first-order chi connectivity index (χ1) is 6.99. The van der Waals surface area contributed by atoms with Crippen LogP contribution >= 0.6 is 23.2 Å². The number of hydrogen-bond donors (Lipinski definition) is 1. The van der Waals surface area contributed by atoms with Crippen LogP contribution in [0.25, 0.3) is 0 Å². The first-order valence-corrected chi connectivity index (χ1v) is 5.08. The lowest BCUT2D eigenvalue weighted by molar-refractivity contribution is -0.138. The highest BCUT2D eigenvalue weighted by Crippen LogP contribution is 2.28. The third-order valence-corrected chi connectivity index (χ3v) is 2.21. The Labute approximate surface area is 97.6 Å². The molecule has 0 saturated heterocycles. The summed E-state index contributed by atoms with van der Waals surface area (Å²) in [6, 6.07) is 4.80. The number of rotatable bonds is 4. The van der Waals surface area contributed by atoms with Gasteiger partial charge in [0, 0.05) is 5.02 Å². The molecule has 0 aliphatic carbocycles. The van der Waals surface area contributed by atoms with Gasteiger partial charge in [-0.15, -0.1) is 0 Å². The van der Waals surface area contributed by atoms with E-state index < -0.39 is 12.1 Å². The van der Waals surface area contributed by atoms with Gasteiger partial charge < -0.3 is 9.84 Å². The van der Waals surface area contributed by atoms with Gasteiger partial charge in [-0.25, -0.2) is 0 Å². The van der Waals surface area contributed by atoms with Crippen molar-refractivity contribution in [2.45, 2.75) is 19.4 Å². The van der Waals surface area contributed by atoms with Crippen molar-refractivity contribution in [1.29, 1.82) is 0 Å². The summed E-state index contributed by atoms with van der Waals surface area (Å²) in [5.74, 6) is -0.470. The van der Waals surface area contributed by atoms with Crippen molar-refractivity contribution in [1.82, 2.24) is 0 Å². The van der Waals surface area contributed by atoms with Crippen molar-refractivity contribution in [3.05, 3.63) is 28.2 Å². The fraction of sp³-hybridized carbons (Fsp3) is 0.300. The monoisotopic (exact) mass is 248 g/mol. The summed E-state index contributed by atoms with van der Waals surface area (Å²) < 4.78 is 5.34. The van der Waals surface area contributed by atoms with Gasteiger partial charge in [-0.3, -0.25) is 4.79 Å². The van der Waals surface area contributed by atoms with Crippen LogP contribution < -0.4 is 4.74 Å². The van der Waals surface area contributed by atoms with E-state index in [1.807, 2.05) is 0 Å². The Kier molecular flexibility index (Phi) is 4.24. The number of carboxylic acids is 1. The second-order valence-corrected chi connectivity index (χ2v) is 3.94. The average molecular weight is 249 g/mol. The third-order valence-electron chi connectivity index (χ3n) is 1.68. The number of ether oxygens (including phenoxy) is 1. The van der Waals surface area contributed by atoms with Crippen molar-refractivity contribution >= 4 is 29.2 Å². The highest BCUT2D eigenvalue weighted by atomic mass is 35.5. The molecule has 0 fully saturated rings. The molecule has 0 unspecified atom stereocenters. The molecule has 1 rings (SSSR count). The Morgan fingerprint density at radius 3 is 2.73 bits per heavy atom. The molecule has 0 spiro atoms. The second-order valence-electron chi connectivity index (χ2n) is 3.10. The van der Waals surface area contributed by atoms with E-state index in [1.165, 1.54) is 0 Å². The molecule has 0 aliphatic heterocycles. The minimum absolute atomic E-state index is 0.0705. The topological polar surface area (TPSA) is 46.5 Å². The van der Waals surface area contributed by atoms with Gasteiger partial charge >= 0.3 is 5.97 Å². The maximum atomic E-state index is 10.4. The highest BCUT2D eigenvalue weighted by molar-refractivity contribution is 6.35. The number of carboxylic acid groups (broad SMARTS) is 1. The van der Waals surface area contributed by atoms with Gasteiger partial charge in [0.2, 0.25) is 0 Å². The SMILES string of the molecule is C[C@@H](CC(=O)O)Oc1ccc(Cl)cc1Cl. The lowest BCUT2D eigenvalue weighted by Gasteiger charge is -2.13. The fourth-order valence-electron chi connectivity index (χ4n) is 1.08. The van der Waals surface area contributed by atoms with Crippen LogP contribution in [0.1, 0.15) is 13.3 Å². The summed E-state index contributed by atoms with van der Waals surface area (Å²) in [5, 5.41) is 9.43. The molecule has 0 aromatic heterocycles. The Balaban J connectivity index is 2.68. The van der Waals surface area contributed by atoms with Gasteiger partial charge in [-0.2, -0.15) is 0 Å². The summed E-state index contributed by atoms with van der Waals surface area (Å²) in [6.07, 6.45) is -0.500. The first kappa shape index (κ1) is 12.1. The van der Waals surface area contributed by atoms with Crippen molar-refractivity contribution < 1.29 is 14.6 Å². The molecule has 1 N–H and O–H groups in total. The fourth-order valence-corrected chi connectivity index (χ4v) is 1.53. The predicted octanol–water partition coefficient (Wildman–Crippen LogP) is 3.24. The number of halogens is 2. The molecule has 0 aliphatic rings. The maximum absolute atomic E-state index is 10.4. The molecule has 0 heterocycles. The first-order valence-electron chi connectivity index (χ1n) is 4.32. The average Bonchev–Trinajstić information content (AvgIpc) is 2.08. The molecular weight excluding hydrogens is 239 g/mol. The molecule has 0 radical (unpaired) electrons. The molecular formula is C10H10Cl2O3. The van der Waals surface area contributed by atoms with Crippen molar-refractivity contribution in [3.63, 3.8) is 0 Å². The third kappa shape index (κ3) is 3.98. The maximum Gasteiger partial charge on any atom is 0.307 e. The zero-order valence-electron chi connectivity index (χ0n) is 8.04. The quantitative estimate of drug-likeness (QED) is 0.890. The van der Waals surface area contributed by atoms with E-state index >= 15 is 0 Å². The van der Waals surface area contributed by atoms with Crippen LogP contribution in [0, 0.1) is 0 Å². The predicted molar refractivity (Wildman–Crippen MR) is 58.8 cm³/mol. The van der Waals surface area contributed by atoms with Gasteiger partial charge in [-0.1, -0.05) is 23.2 Å². The summed E-state index contributed by atoms with van der Waals surface area (Å²) >= 11 is 11.6. The number of hydrogen-bond acceptors (Lipinski definition) is 2. The summed E-state index contributed by atoms with van der Waals surface area (Å²) in [4.78, 5) is 10.4. The van der Waals surface area contributed by atoms with Crippen LogP contribution in [0.3, 0.4) is 0 Å². The van der Waals surface area contributed by atoms with Crippen molar-refractivity contribution in [2.75, 3.05) is 0 Å². The van der Waals surface area contributed by atoms with Gasteiger partial charge in [0.1, 0.15) is 11.9 Å². The molecule has 82 valence electrons. The minimum Gasteiger partial charge on any atom is -0.489 e. The Hall–Kier alpha value is -0.930. The van der Waals surface area contributed by atoms with Crippen LogP contribution in [-0.2, 0) is 4.79 Å². The molecule has 1 aromatic rings. The Bertz CT molecular complexity index is 366. The van der Waals surface area contributed by atoms with Gasteiger partial charge in [0.15, 0.2) is 0 Å². The molecule has 1 atom stereocenters. The van der Waals surface area contributed by atoms with E-state index in [0.29, 0.717) is 15.8 Å². The lowest BCUT2D eigenvalue weighted by atomic mass is 10.3.